The van der Waals surface area contributed by atoms with Crippen molar-refractivity contribution in [3.8, 4) is 0 Å². The summed E-state index contributed by atoms with van der Waals surface area (Å²) in [6.45, 7) is 6.62. The second-order valence-electron chi connectivity index (χ2n) is 3.72. The molecule has 0 saturated carbocycles. The molecule has 0 aliphatic heterocycles. The Labute approximate surface area is 95.0 Å². The minimum Gasteiger partial charge on any atom is -0.308 e. The maximum Gasteiger partial charge on any atom is 0.0305 e. The third-order valence-corrected chi connectivity index (χ3v) is 3.24. The van der Waals surface area contributed by atoms with Gasteiger partial charge >= 0.3 is 0 Å². The molecule has 1 aromatic rings. The number of benzene rings is 1. The number of nitrogens with one attached hydrogen (secondary N) is 1. The van der Waals surface area contributed by atoms with Crippen molar-refractivity contribution in [2.75, 3.05) is 0 Å². The van der Waals surface area contributed by atoms with Gasteiger partial charge in [-0.05, 0) is 31.9 Å². The Morgan fingerprint density at radius 1 is 1.29 bits per heavy atom. The van der Waals surface area contributed by atoms with Crippen LogP contribution in [0.3, 0.4) is 0 Å². The molecule has 1 nitrogen and oxygen atoms in total. The third kappa shape index (κ3) is 3.10. The maximum absolute atomic E-state index is 3.57. The molecule has 1 N–H and O–H groups in total. The molecule has 0 radical (unpaired) electrons. The third-order valence-electron chi connectivity index (χ3n) is 2.52. The Hall–Kier alpha value is -0.340. The summed E-state index contributed by atoms with van der Waals surface area (Å²) in [7, 11) is 0. The van der Waals surface area contributed by atoms with E-state index in [1.165, 1.54) is 10.0 Å². The van der Waals surface area contributed by atoms with Crippen molar-refractivity contribution in [1.82, 2.24) is 5.32 Å². The summed E-state index contributed by atoms with van der Waals surface area (Å²) >= 11 is 3.57. The van der Waals surface area contributed by atoms with E-state index in [1.54, 1.807) is 0 Å². The largest absolute Gasteiger partial charge is 0.308 e. The van der Waals surface area contributed by atoms with Gasteiger partial charge < -0.3 is 5.32 Å². The summed E-state index contributed by atoms with van der Waals surface area (Å²) in [5.74, 6) is 0. The van der Waals surface area contributed by atoms with E-state index in [9.17, 15) is 0 Å². The number of hydrogen-bond acceptors (Lipinski definition) is 1. The molecule has 0 heterocycles. The highest BCUT2D eigenvalue weighted by molar-refractivity contribution is 9.10. The zero-order valence-corrected chi connectivity index (χ0v) is 10.6. The lowest BCUT2D eigenvalue weighted by Gasteiger charge is -2.20. The number of hydrogen-bond donors (Lipinski definition) is 1. The van der Waals surface area contributed by atoms with E-state index in [1.807, 2.05) is 6.07 Å². The molecule has 0 amide bonds. The van der Waals surface area contributed by atoms with Gasteiger partial charge in [0, 0.05) is 16.6 Å². The predicted molar refractivity (Wildman–Crippen MR) is 65.4 cm³/mol. The minimum atomic E-state index is 0.403. The van der Waals surface area contributed by atoms with Crippen molar-refractivity contribution in [1.29, 1.82) is 0 Å². The standard InChI is InChI=1S/C12H18BrN/c1-4-9(2)14-10(3)11-7-5-6-8-12(11)13/h5-10,14H,4H2,1-3H3/t9?,10-/m0/s1. The lowest BCUT2D eigenvalue weighted by Crippen LogP contribution is -2.28. The maximum atomic E-state index is 3.57. The summed E-state index contributed by atoms with van der Waals surface area (Å²) in [6, 6.07) is 9.34. The van der Waals surface area contributed by atoms with Gasteiger partial charge in [-0.25, -0.2) is 0 Å². The fraction of sp³-hybridized carbons (Fsp3) is 0.500. The molecule has 78 valence electrons. The molecule has 2 heteroatoms. The van der Waals surface area contributed by atoms with Crippen LogP contribution in [0.25, 0.3) is 0 Å². The molecule has 1 aromatic carbocycles. The summed E-state index contributed by atoms with van der Waals surface area (Å²) in [4.78, 5) is 0. The number of rotatable bonds is 4. The molecule has 14 heavy (non-hydrogen) atoms. The van der Waals surface area contributed by atoms with Gasteiger partial charge in [-0.3, -0.25) is 0 Å². The van der Waals surface area contributed by atoms with Crippen LogP contribution in [0.2, 0.25) is 0 Å². The van der Waals surface area contributed by atoms with Crippen LogP contribution in [-0.4, -0.2) is 6.04 Å². The fourth-order valence-electron chi connectivity index (χ4n) is 1.46. The van der Waals surface area contributed by atoms with Gasteiger partial charge in [-0.2, -0.15) is 0 Å². The van der Waals surface area contributed by atoms with E-state index in [-0.39, 0.29) is 0 Å². The molecule has 2 atom stereocenters. The van der Waals surface area contributed by atoms with Crippen LogP contribution in [0, 0.1) is 0 Å². The highest BCUT2D eigenvalue weighted by Gasteiger charge is 2.09. The van der Waals surface area contributed by atoms with Crippen molar-refractivity contribution >= 4 is 15.9 Å². The van der Waals surface area contributed by atoms with E-state index in [4.69, 9.17) is 0 Å². The fourth-order valence-corrected chi connectivity index (χ4v) is 2.09. The van der Waals surface area contributed by atoms with Crippen LogP contribution in [0.5, 0.6) is 0 Å². The topological polar surface area (TPSA) is 12.0 Å². The summed E-state index contributed by atoms with van der Waals surface area (Å²) in [5, 5.41) is 3.56. The van der Waals surface area contributed by atoms with Crippen molar-refractivity contribution in [3.05, 3.63) is 34.3 Å². The average Bonchev–Trinajstić information content (AvgIpc) is 2.18. The van der Waals surface area contributed by atoms with E-state index in [0.717, 1.165) is 6.42 Å². The van der Waals surface area contributed by atoms with Crippen molar-refractivity contribution in [2.24, 2.45) is 0 Å². The van der Waals surface area contributed by atoms with Crippen LogP contribution >= 0.6 is 15.9 Å². The average molecular weight is 256 g/mol. The van der Waals surface area contributed by atoms with E-state index >= 15 is 0 Å². The van der Waals surface area contributed by atoms with Crippen LogP contribution in [-0.2, 0) is 0 Å². The first-order chi connectivity index (χ1) is 6.65. The summed E-state index contributed by atoms with van der Waals surface area (Å²) < 4.78 is 1.18. The summed E-state index contributed by atoms with van der Waals surface area (Å²) in [5.41, 5.74) is 1.33. The predicted octanol–water partition coefficient (Wildman–Crippen LogP) is 3.90. The zero-order chi connectivity index (χ0) is 10.6. The molecule has 0 bridgehead atoms. The van der Waals surface area contributed by atoms with Crippen LogP contribution in [0.15, 0.2) is 28.7 Å². The van der Waals surface area contributed by atoms with Crippen LogP contribution < -0.4 is 5.32 Å². The molecule has 1 rings (SSSR count). The number of halogens is 1. The highest BCUT2D eigenvalue weighted by Crippen LogP contribution is 2.23. The van der Waals surface area contributed by atoms with E-state index in [0.29, 0.717) is 12.1 Å². The van der Waals surface area contributed by atoms with Gasteiger partial charge in [-0.15, -0.1) is 0 Å². The summed E-state index contributed by atoms with van der Waals surface area (Å²) in [6.07, 6.45) is 1.16. The first-order valence-corrected chi connectivity index (χ1v) is 5.95. The molecular weight excluding hydrogens is 238 g/mol. The molecule has 1 unspecified atom stereocenters. The Morgan fingerprint density at radius 3 is 2.50 bits per heavy atom. The monoisotopic (exact) mass is 255 g/mol. The van der Waals surface area contributed by atoms with Gasteiger partial charge in [0.15, 0.2) is 0 Å². The van der Waals surface area contributed by atoms with Gasteiger partial charge in [0.1, 0.15) is 0 Å². The van der Waals surface area contributed by atoms with Crippen molar-refractivity contribution < 1.29 is 0 Å². The quantitative estimate of drug-likeness (QED) is 0.861. The van der Waals surface area contributed by atoms with Gasteiger partial charge in [0.25, 0.3) is 0 Å². The van der Waals surface area contributed by atoms with Crippen LogP contribution in [0.4, 0.5) is 0 Å². The molecule has 0 spiro atoms. The molecule has 0 saturated heterocycles. The molecule has 0 aliphatic carbocycles. The van der Waals surface area contributed by atoms with E-state index in [2.05, 4.69) is 60.2 Å². The molecule has 0 aromatic heterocycles. The zero-order valence-electron chi connectivity index (χ0n) is 9.05. The first kappa shape index (κ1) is 11.7. The molecule has 0 fully saturated rings. The van der Waals surface area contributed by atoms with E-state index < -0.39 is 0 Å². The van der Waals surface area contributed by atoms with Crippen molar-refractivity contribution in [2.45, 2.75) is 39.3 Å². The molecular formula is C12H18BrN. The smallest absolute Gasteiger partial charge is 0.0305 e. The Morgan fingerprint density at radius 2 is 1.93 bits per heavy atom. The Kier molecular flexibility index (Phi) is 4.63. The SMILES string of the molecule is CCC(C)N[C@@H](C)c1ccccc1Br. The van der Waals surface area contributed by atoms with Crippen LogP contribution in [0.1, 0.15) is 38.8 Å². The van der Waals surface area contributed by atoms with Crippen molar-refractivity contribution in [3.63, 3.8) is 0 Å². The second kappa shape index (κ2) is 5.52. The Bertz CT molecular complexity index is 285. The van der Waals surface area contributed by atoms with Gasteiger partial charge in [0.05, 0.1) is 0 Å². The van der Waals surface area contributed by atoms with Gasteiger partial charge in [-0.1, -0.05) is 41.1 Å². The minimum absolute atomic E-state index is 0.403. The highest BCUT2D eigenvalue weighted by atomic mass is 79.9. The Balaban J connectivity index is 2.69. The lowest BCUT2D eigenvalue weighted by atomic mass is 10.1. The lowest BCUT2D eigenvalue weighted by molar-refractivity contribution is 0.468. The first-order valence-electron chi connectivity index (χ1n) is 5.15. The van der Waals surface area contributed by atoms with Gasteiger partial charge in [0.2, 0.25) is 0 Å². The normalized spacial score (nSPS) is 15.1. The molecule has 0 aliphatic rings. The second-order valence-corrected chi connectivity index (χ2v) is 4.57.